The second-order valence-corrected chi connectivity index (χ2v) is 4.00. The Hall–Kier alpha value is -1.00. The Kier molecular flexibility index (Phi) is 6.08. The van der Waals surface area contributed by atoms with Crippen LogP contribution in [0.1, 0.15) is 24.1 Å². The van der Waals surface area contributed by atoms with E-state index in [1.165, 1.54) is 11.1 Å². The maximum Gasteiger partial charge on any atom is 0.0294 e. The molecule has 1 N–H and O–H groups in total. The van der Waals surface area contributed by atoms with Crippen molar-refractivity contribution >= 4 is 18.9 Å². The molecule has 0 amide bonds. The van der Waals surface area contributed by atoms with Crippen LogP contribution in [0.5, 0.6) is 0 Å². The zero-order chi connectivity index (χ0) is 11.2. The first kappa shape index (κ1) is 14.1. The van der Waals surface area contributed by atoms with Crippen molar-refractivity contribution < 1.29 is 0 Å². The van der Waals surface area contributed by atoms with Crippen molar-refractivity contribution in [2.45, 2.75) is 19.5 Å². The summed E-state index contributed by atoms with van der Waals surface area (Å²) in [6, 6.07) is 21.4. The van der Waals surface area contributed by atoms with Crippen LogP contribution in [0.4, 0.5) is 0 Å². The maximum atomic E-state index is 3.52. The van der Waals surface area contributed by atoms with Gasteiger partial charge in [0.25, 0.3) is 0 Å². The molecule has 0 heterocycles. The normalized spacial score (nSPS) is 11.6. The van der Waals surface area contributed by atoms with Gasteiger partial charge >= 0.3 is 0 Å². The monoisotopic (exact) mass is 218 g/mol. The fourth-order valence-electron chi connectivity index (χ4n) is 1.73. The summed E-state index contributed by atoms with van der Waals surface area (Å²) < 4.78 is 0. The van der Waals surface area contributed by atoms with Crippen molar-refractivity contribution in [1.82, 2.24) is 5.32 Å². The maximum absolute atomic E-state index is 3.52. The molecule has 0 aliphatic heterocycles. The number of rotatable bonds is 4. The molecule has 0 aromatic heterocycles. The van der Waals surface area contributed by atoms with Crippen LogP contribution < -0.4 is 5.32 Å². The Morgan fingerprint density at radius 2 is 1.41 bits per heavy atom. The third kappa shape index (κ3) is 4.40. The van der Waals surface area contributed by atoms with E-state index in [1.54, 1.807) is 0 Å². The van der Waals surface area contributed by atoms with Crippen LogP contribution in [0, 0.1) is 0 Å². The predicted octanol–water partition coefficient (Wildman–Crippen LogP) is 3.16. The van der Waals surface area contributed by atoms with Crippen LogP contribution in [0.3, 0.4) is 0 Å². The van der Waals surface area contributed by atoms with Crippen molar-refractivity contribution in [3.8, 4) is 0 Å². The van der Waals surface area contributed by atoms with Gasteiger partial charge in [-0.3, -0.25) is 0 Å². The minimum Gasteiger partial charge on any atom is -0.306 e. The summed E-state index contributed by atoms with van der Waals surface area (Å²) in [5, 5.41) is 3.52. The minimum absolute atomic E-state index is 0. The molecule has 0 unspecified atom stereocenters. The molecule has 0 aliphatic rings. The van der Waals surface area contributed by atoms with Crippen LogP contribution in [-0.4, -0.2) is 18.9 Å². The van der Waals surface area contributed by atoms with E-state index >= 15 is 0 Å². The van der Waals surface area contributed by atoms with Gasteiger partial charge in [0.1, 0.15) is 0 Å². The molecule has 0 fully saturated rings. The number of hydrogen-bond acceptors (Lipinski definition) is 1. The molecule has 2 heteroatoms. The van der Waals surface area contributed by atoms with E-state index in [2.05, 4.69) is 60.8 Å². The second-order valence-electron chi connectivity index (χ2n) is 4.00. The Bertz CT molecular complexity index is 413. The molecule has 0 saturated heterocycles. The van der Waals surface area contributed by atoms with E-state index in [4.69, 9.17) is 0 Å². The van der Waals surface area contributed by atoms with Gasteiger partial charge in [0.2, 0.25) is 0 Å². The van der Waals surface area contributed by atoms with Crippen LogP contribution in [0.2, 0.25) is 0 Å². The molecule has 1 atom stereocenters. The average molecular weight is 218 g/mol. The van der Waals surface area contributed by atoms with Gasteiger partial charge in [0.05, 0.1) is 0 Å². The van der Waals surface area contributed by atoms with E-state index < -0.39 is 0 Å². The van der Waals surface area contributed by atoms with E-state index in [0.29, 0.717) is 6.04 Å². The molecule has 1 nitrogen and oxygen atoms in total. The summed E-state index contributed by atoms with van der Waals surface area (Å²) in [5.41, 5.74) is 2.66. The molecule has 83 valence electrons. The van der Waals surface area contributed by atoms with Gasteiger partial charge in [-0.15, -0.1) is 0 Å². The summed E-state index contributed by atoms with van der Waals surface area (Å²) in [6.45, 7) is 3.11. The van der Waals surface area contributed by atoms with Crippen LogP contribution in [0.15, 0.2) is 60.7 Å². The minimum atomic E-state index is 0. The molecular formula is C15H17LiN. The van der Waals surface area contributed by atoms with Crippen LogP contribution in [0.25, 0.3) is 0 Å². The Balaban J connectivity index is 0.00000144. The van der Waals surface area contributed by atoms with Gasteiger partial charge < -0.3 is 5.32 Å². The van der Waals surface area contributed by atoms with Gasteiger partial charge in [-0.1, -0.05) is 60.7 Å². The third-order valence-corrected chi connectivity index (χ3v) is 2.75. The Labute approximate surface area is 115 Å². The Morgan fingerprint density at radius 3 is 2.00 bits per heavy atom. The van der Waals surface area contributed by atoms with Crippen molar-refractivity contribution in [2.75, 3.05) is 0 Å². The topological polar surface area (TPSA) is 12.0 Å². The molecule has 0 aliphatic carbocycles. The largest absolute Gasteiger partial charge is 0.306 e. The van der Waals surface area contributed by atoms with Crippen molar-refractivity contribution in [3.63, 3.8) is 0 Å². The van der Waals surface area contributed by atoms with Crippen molar-refractivity contribution in [3.05, 3.63) is 71.8 Å². The second kappa shape index (κ2) is 7.35. The van der Waals surface area contributed by atoms with Gasteiger partial charge in [-0.05, 0) is 18.1 Å². The number of nitrogens with one attached hydrogen (secondary N) is 1. The van der Waals surface area contributed by atoms with Crippen LogP contribution >= 0.6 is 0 Å². The average Bonchev–Trinajstić information content (AvgIpc) is 2.38. The SMILES string of the molecule is C[C@@H](NCc1ccccc1)c1ccccc1.[Li]. The van der Waals surface area contributed by atoms with E-state index in [-0.39, 0.29) is 18.9 Å². The van der Waals surface area contributed by atoms with E-state index in [1.807, 2.05) is 12.1 Å². The van der Waals surface area contributed by atoms with Gasteiger partial charge in [0.15, 0.2) is 0 Å². The molecule has 0 bridgehead atoms. The van der Waals surface area contributed by atoms with Gasteiger partial charge in [0, 0.05) is 31.4 Å². The number of benzene rings is 2. The molecule has 0 saturated carbocycles. The smallest absolute Gasteiger partial charge is 0.0294 e. The predicted molar refractivity (Wildman–Crippen MR) is 73.9 cm³/mol. The standard InChI is InChI=1S/C15H17N.Li/c1-13(15-10-6-3-7-11-15)16-12-14-8-4-2-5-9-14;/h2-11,13,16H,12H2,1H3;/t13-;/m1./s1. The van der Waals surface area contributed by atoms with E-state index in [9.17, 15) is 0 Å². The van der Waals surface area contributed by atoms with Gasteiger partial charge in [-0.2, -0.15) is 0 Å². The summed E-state index contributed by atoms with van der Waals surface area (Å²) >= 11 is 0. The molecule has 2 aromatic carbocycles. The zero-order valence-electron chi connectivity index (χ0n) is 10.6. The summed E-state index contributed by atoms with van der Waals surface area (Å²) in [4.78, 5) is 0. The quantitative estimate of drug-likeness (QED) is 0.777. The van der Waals surface area contributed by atoms with Gasteiger partial charge in [-0.25, -0.2) is 0 Å². The first-order valence-corrected chi connectivity index (χ1v) is 5.68. The fourth-order valence-corrected chi connectivity index (χ4v) is 1.73. The van der Waals surface area contributed by atoms with Crippen molar-refractivity contribution in [2.24, 2.45) is 0 Å². The molecular weight excluding hydrogens is 201 g/mol. The summed E-state index contributed by atoms with van der Waals surface area (Å²) in [5.74, 6) is 0. The summed E-state index contributed by atoms with van der Waals surface area (Å²) in [7, 11) is 0. The van der Waals surface area contributed by atoms with E-state index in [0.717, 1.165) is 6.54 Å². The molecule has 1 radical (unpaired) electrons. The van der Waals surface area contributed by atoms with Crippen molar-refractivity contribution in [1.29, 1.82) is 0 Å². The number of hydrogen-bond donors (Lipinski definition) is 1. The zero-order valence-corrected chi connectivity index (χ0v) is 10.6. The Morgan fingerprint density at radius 1 is 0.882 bits per heavy atom. The third-order valence-electron chi connectivity index (χ3n) is 2.75. The molecule has 2 aromatic rings. The fraction of sp³-hybridized carbons (Fsp3) is 0.200. The first-order chi connectivity index (χ1) is 7.86. The molecule has 2 rings (SSSR count). The van der Waals surface area contributed by atoms with Crippen LogP contribution in [-0.2, 0) is 6.54 Å². The molecule has 17 heavy (non-hydrogen) atoms. The molecule has 0 spiro atoms. The summed E-state index contributed by atoms with van der Waals surface area (Å²) in [6.07, 6.45) is 0. The first-order valence-electron chi connectivity index (χ1n) is 5.68.